The van der Waals surface area contributed by atoms with E-state index in [1.54, 1.807) is 0 Å². The van der Waals surface area contributed by atoms with Crippen LogP contribution in [0.4, 0.5) is 0 Å². The minimum absolute atomic E-state index is 0.207. The van der Waals surface area contributed by atoms with Crippen LogP contribution in [-0.4, -0.2) is 35.4 Å². The van der Waals surface area contributed by atoms with E-state index < -0.39 is 5.97 Å². The van der Waals surface area contributed by atoms with Crippen LogP contribution in [0.5, 0.6) is 11.5 Å². The number of carboxylic acid groups (broad SMARTS) is 1. The van der Waals surface area contributed by atoms with Gasteiger partial charge in [-0.3, -0.25) is 9.69 Å². The highest BCUT2D eigenvalue weighted by atomic mass is 35.5. The molecule has 1 aromatic rings. The minimum Gasteiger partial charge on any atom is -0.481 e. The normalized spacial score (nSPS) is 25.0. The van der Waals surface area contributed by atoms with Gasteiger partial charge < -0.3 is 14.6 Å². The quantitative estimate of drug-likeness (QED) is 0.930. The van der Waals surface area contributed by atoms with Crippen molar-refractivity contribution >= 4 is 17.6 Å². The van der Waals surface area contributed by atoms with E-state index in [1.165, 1.54) is 0 Å². The van der Waals surface area contributed by atoms with Gasteiger partial charge in [-0.15, -0.1) is 0 Å². The predicted octanol–water partition coefficient (Wildman–Crippen LogP) is 2.75. The molecule has 1 saturated heterocycles. The Morgan fingerprint density at radius 3 is 3.00 bits per heavy atom. The van der Waals surface area contributed by atoms with Crippen LogP contribution in [0.1, 0.15) is 25.3 Å². The largest absolute Gasteiger partial charge is 0.481 e. The molecule has 2 atom stereocenters. The molecule has 1 N–H and O–H groups in total. The first-order chi connectivity index (χ1) is 10.0. The SMILES string of the molecule is CC1CC(C(=O)O)CCN1Cc1cc(Cl)c2c(c1)OCO2. The average molecular weight is 312 g/mol. The van der Waals surface area contributed by atoms with Crippen molar-refractivity contribution in [3.63, 3.8) is 0 Å². The van der Waals surface area contributed by atoms with Gasteiger partial charge in [0.2, 0.25) is 6.79 Å². The first-order valence-electron chi connectivity index (χ1n) is 7.09. The molecule has 114 valence electrons. The van der Waals surface area contributed by atoms with Crippen molar-refractivity contribution in [1.82, 2.24) is 4.90 Å². The number of hydrogen-bond donors (Lipinski definition) is 1. The third kappa shape index (κ3) is 2.94. The van der Waals surface area contributed by atoms with Crippen molar-refractivity contribution in [1.29, 1.82) is 0 Å². The molecule has 21 heavy (non-hydrogen) atoms. The maximum absolute atomic E-state index is 11.1. The molecule has 1 aromatic carbocycles. The summed E-state index contributed by atoms with van der Waals surface area (Å²) in [5.41, 5.74) is 1.06. The van der Waals surface area contributed by atoms with Crippen molar-refractivity contribution < 1.29 is 19.4 Å². The highest BCUT2D eigenvalue weighted by Crippen LogP contribution is 2.40. The van der Waals surface area contributed by atoms with E-state index in [1.807, 2.05) is 12.1 Å². The number of fused-ring (bicyclic) bond motifs is 1. The van der Waals surface area contributed by atoms with E-state index in [0.717, 1.165) is 18.7 Å². The number of likely N-dealkylation sites (tertiary alicyclic amines) is 1. The molecule has 2 aliphatic heterocycles. The van der Waals surface area contributed by atoms with Crippen LogP contribution in [0.2, 0.25) is 5.02 Å². The Hall–Kier alpha value is -1.46. The van der Waals surface area contributed by atoms with Gasteiger partial charge in [-0.2, -0.15) is 0 Å². The number of aliphatic carboxylic acids is 1. The van der Waals surface area contributed by atoms with Gasteiger partial charge in [0.05, 0.1) is 10.9 Å². The molecule has 1 fully saturated rings. The predicted molar refractivity (Wildman–Crippen MR) is 77.8 cm³/mol. The van der Waals surface area contributed by atoms with E-state index in [2.05, 4.69) is 11.8 Å². The number of rotatable bonds is 3. The monoisotopic (exact) mass is 311 g/mol. The molecule has 0 saturated carbocycles. The van der Waals surface area contributed by atoms with Crippen molar-refractivity contribution in [3.8, 4) is 11.5 Å². The molecule has 2 unspecified atom stereocenters. The Morgan fingerprint density at radius 2 is 2.29 bits per heavy atom. The Bertz CT molecular complexity index is 563. The Labute approximate surface area is 128 Å². The van der Waals surface area contributed by atoms with Gasteiger partial charge in [0.15, 0.2) is 11.5 Å². The van der Waals surface area contributed by atoms with E-state index in [9.17, 15) is 4.79 Å². The zero-order valence-corrected chi connectivity index (χ0v) is 12.6. The number of piperidine rings is 1. The number of nitrogens with zero attached hydrogens (tertiary/aromatic N) is 1. The highest BCUT2D eigenvalue weighted by Gasteiger charge is 2.30. The maximum atomic E-state index is 11.1. The van der Waals surface area contributed by atoms with Crippen LogP contribution >= 0.6 is 11.6 Å². The summed E-state index contributed by atoms with van der Waals surface area (Å²) in [6, 6.07) is 4.08. The molecule has 0 bridgehead atoms. The standard InChI is InChI=1S/C15H18ClNO4/c1-9-4-11(15(18)19)2-3-17(9)7-10-5-12(16)14-13(6-10)20-8-21-14/h5-6,9,11H,2-4,7-8H2,1H3,(H,18,19). The summed E-state index contributed by atoms with van der Waals surface area (Å²) < 4.78 is 10.7. The molecular weight excluding hydrogens is 294 g/mol. The number of halogens is 1. The summed E-state index contributed by atoms with van der Waals surface area (Å²) in [5, 5.41) is 9.67. The van der Waals surface area contributed by atoms with Gasteiger partial charge in [0.1, 0.15) is 0 Å². The second-order valence-corrected chi connectivity index (χ2v) is 6.10. The van der Waals surface area contributed by atoms with Gasteiger partial charge in [-0.1, -0.05) is 11.6 Å². The smallest absolute Gasteiger partial charge is 0.306 e. The third-order valence-electron chi connectivity index (χ3n) is 4.24. The summed E-state index contributed by atoms with van der Waals surface area (Å²) in [5.74, 6) is 0.382. The molecule has 0 radical (unpaired) electrons. The topological polar surface area (TPSA) is 59.0 Å². The van der Waals surface area contributed by atoms with Crippen molar-refractivity contribution in [2.75, 3.05) is 13.3 Å². The summed E-state index contributed by atoms with van der Waals surface area (Å²) in [6.45, 7) is 3.80. The van der Waals surface area contributed by atoms with Gasteiger partial charge >= 0.3 is 5.97 Å². The summed E-state index contributed by atoms with van der Waals surface area (Å²) in [4.78, 5) is 13.4. The molecule has 3 rings (SSSR count). The number of carboxylic acids is 1. The molecule has 2 heterocycles. The second-order valence-electron chi connectivity index (χ2n) is 5.69. The van der Waals surface area contributed by atoms with Crippen LogP contribution < -0.4 is 9.47 Å². The van der Waals surface area contributed by atoms with Gasteiger partial charge in [-0.05, 0) is 44.0 Å². The fourth-order valence-electron chi connectivity index (χ4n) is 3.03. The van der Waals surface area contributed by atoms with Crippen LogP contribution in [0, 0.1) is 5.92 Å². The van der Waals surface area contributed by atoms with E-state index in [4.69, 9.17) is 26.2 Å². The molecule has 0 amide bonds. The lowest BCUT2D eigenvalue weighted by Crippen LogP contribution is -2.42. The number of ether oxygens (including phenoxy) is 2. The van der Waals surface area contributed by atoms with Crippen molar-refractivity contribution in [2.24, 2.45) is 5.92 Å². The van der Waals surface area contributed by atoms with E-state index in [0.29, 0.717) is 29.4 Å². The molecule has 0 spiro atoms. The van der Waals surface area contributed by atoms with Gasteiger partial charge in [0.25, 0.3) is 0 Å². The van der Waals surface area contributed by atoms with Crippen molar-refractivity contribution in [2.45, 2.75) is 32.4 Å². The highest BCUT2D eigenvalue weighted by molar-refractivity contribution is 6.32. The van der Waals surface area contributed by atoms with Crippen LogP contribution in [0.15, 0.2) is 12.1 Å². The fourth-order valence-corrected chi connectivity index (χ4v) is 3.31. The fraction of sp³-hybridized carbons (Fsp3) is 0.533. The Balaban J connectivity index is 1.70. The summed E-state index contributed by atoms with van der Waals surface area (Å²) in [7, 11) is 0. The zero-order chi connectivity index (χ0) is 15.0. The summed E-state index contributed by atoms with van der Waals surface area (Å²) >= 11 is 6.19. The number of benzene rings is 1. The lowest BCUT2D eigenvalue weighted by Gasteiger charge is -2.36. The molecular formula is C15H18ClNO4. The third-order valence-corrected chi connectivity index (χ3v) is 4.52. The number of carbonyl (C=O) groups is 1. The second kappa shape index (κ2) is 5.73. The lowest BCUT2D eigenvalue weighted by molar-refractivity contribution is -0.144. The molecule has 2 aliphatic rings. The summed E-state index contributed by atoms with van der Waals surface area (Å²) in [6.07, 6.45) is 1.38. The first-order valence-corrected chi connectivity index (χ1v) is 7.47. The average Bonchev–Trinajstić information content (AvgIpc) is 2.89. The zero-order valence-electron chi connectivity index (χ0n) is 11.8. The van der Waals surface area contributed by atoms with Crippen LogP contribution in [-0.2, 0) is 11.3 Å². The van der Waals surface area contributed by atoms with Crippen LogP contribution in [0.25, 0.3) is 0 Å². The molecule has 0 aliphatic carbocycles. The van der Waals surface area contributed by atoms with E-state index >= 15 is 0 Å². The number of hydrogen-bond acceptors (Lipinski definition) is 4. The van der Waals surface area contributed by atoms with Crippen LogP contribution in [0.3, 0.4) is 0 Å². The van der Waals surface area contributed by atoms with Crippen molar-refractivity contribution in [3.05, 3.63) is 22.7 Å². The Morgan fingerprint density at radius 1 is 1.48 bits per heavy atom. The molecule has 5 nitrogen and oxygen atoms in total. The van der Waals surface area contributed by atoms with Gasteiger partial charge in [0, 0.05) is 12.6 Å². The van der Waals surface area contributed by atoms with Gasteiger partial charge in [-0.25, -0.2) is 0 Å². The minimum atomic E-state index is -0.687. The molecule has 6 heteroatoms. The van der Waals surface area contributed by atoms with E-state index in [-0.39, 0.29) is 18.8 Å². The maximum Gasteiger partial charge on any atom is 0.306 e. The molecule has 0 aromatic heterocycles. The first kappa shape index (κ1) is 14.5. The lowest BCUT2D eigenvalue weighted by atomic mass is 9.91. The Kier molecular flexibility index (Phi) is 3.95.